The van der Waals surface area contributed by atoms with Crippen LogP contribution in [0, 0.1) is 6.92 Å². The van der Waals surface area contributed by atoms with Gasteiger partial charge in [-0.05, 0) is 31.5 Å². The predicted octanol–water partition coefficient (Wildman–Crippen LogP) is 1.23. The lowest BCUT2D eigenvalue weighted by Gasteiger charge is -2.17. The van der Waals surface area contributed by atoms with Gasteiger partial charge in [-0.3, -0.25) is 14.4 Å². The molecule has 1 atom stereocenters. The van der Waals surface area contributed by atoms with Crippen molar-refractivity contribution < 1.29 is 9.59 Å². The first-order valence-electron chi connectivity index (χ1n) is 7.81. The Morgan fingerprint density at radius 3 is 2.54 bits per heavy atom. The first-order valence-corrected chi connectivity index (χ1v) is 7.81. The number of carbonyl (C=O) groups is 2. The molecule has 1 aliphatic heterocycles. The molecule has 1 N–H and O–H groups in total. The molecule has 124 valence electrons. The second kappa shape index (κ2) is 6.31. The third-order valence-corrected chi connectivity index (χ3v) is 4.22. The molecule has 1 aromatic carbocycles. The van der Waals surface area contributed by atoms with Gasteiger partial charge in [0.1, 0.15) is 6.04 Å². The molecule has 0 unspecified atom stereocenters. The van der Waals surface area contributed by atoms with Crippen molar-refractivity contribution in [1.82, 2.24) is 9.88 Å². The minimum absolute atomic E-state index is 0.129. The molecule has 1 aliphatic rings. The Bertz CT molecular complexity index is 839. The molecule has 2 aromatic rings. The number of nitrogens with one attached hydrogen (secondary N) is 1. The molecular weight excluding hydrogens is 306 g/mol. The van der Waals surface area contributed by atoms with Crippen molar-refractivity contribution in [2.75, 3.05) is 11.4 Å². The highest BCUT2D eigenvalue weighted by Gasteiger charge is 2.33. The SMILES string of the molecule is Cc1ccc(N2CC[C@H](NC(=O)c3ccn(C)c(=O)c3)C2=O)cc1. The van der Waals surface area contributed by atoms with Gasteiger partial charge in [-0.2, -0.15) is 0 Å². The Labute approximate surface area is 139 Å². The van der Waals surface area contributed by atoms with E-state index in [1.54, 1.807) is 18.0 Å². The van der Waals surface area contributed by atoms with Crippen molar-refractivity contribution in [2.24, 2.45) is 7.05 Å². The van der Waals surface area contributed by atoms with Gasteiger partial charge in [0.2, 0.25) is 5.91 Å². The lowest BCUT2D eigenvalue weighted by molar-refractivity contribution is -0.118. The van der Waals surface area contributed by atoms with Crippen LogP contribution in [0.25, 0.3) is 0 Å². The van der Waals surface area contributed by atoms with Gasteiger partial charge in [-0.15, -0.1) is 0 Å². The van der Waals surface area contributed by atoms with Gasteiger partial charge in [0, 0.05) is 37.1 Å². The molecule has 1 fully saturated rings. The van der Waals surface area contributed by atoms with Crippen LogP contribution in [0.3, 0.4) is 0 Å². The molecule has 1 aromatic heterocycles. The number of rotatable bonds is 3. The maximum atomic E-state index is 12.5. The van der Waals surface area contributed by atoms with Crippen molar-refractivity contribution >= 4 is 17.5 Å². The molecule has 0 radical (unpaired) electrons. The number of benzene rings is 1. The van der Waals surface area contributed by atoms with Crippen molar-refractivity contribution in [3.8, 4) is 0 Å². The minimum atomic E-state index is -0.567. The predicted molar refractivity (Wildman–Crippen MR) is 91.1 cm³/mol. The van der Waals surface area contributed by atoms with Crippen molar-refractivity contribution in [3.05, 3.63) is 64.1 Å². The fraction of sp³-hybridized carbons (Fsp3) is 0.278. The zero-order valence-electron chi connectivity index (χ0n) is 13.7. The number of nitrogens with zero attached hydrogens (tertiary/aromatic N) is 2. The fourth-order valence-corrected chi connectivity index (χ4v) is 2.73. The van der Waals surface area contributed by atoms with Crippen molar-refractivity contribution in [2.45, 2.75) is 19.4 Å². The first kappa shape index (κ1) is 16.0. The van der Waals surface area contributed by atoms with Crippen LogP contribution >= 0.6 is 0 Å². The highest BCUT2D eigenvalue weighted by atomic mass is 16.2. The maximum Gasteiger partial charge on any atom is 0.252 e. The molecule has 3 rings (SSSR count). The molecular formula is C18H19N3O3. The number of carbonyl (C=O) groups excluding carboxylic acids is 2. The van der Waals surface area contributed by atoms with E-state index in [4.69, 9.17) is 0 Å². The lowest BCUT2D eigenvalue weighted by Crippen LogP contribution is -2.41. The lowest BCUT2D eigenvalue weighted by atomic mass is 10.2. The van der Waals surface area contributed by atoms with Crippen LogP contribution < -0.4 is 15.8 Å². The topological polar surface area (TPSA) is 71.4 Å². The number of amides is 2. The largest absolute Gasteiger partial charge is 0.340 e. The second-order valence-corrected chi connectivity index (χ2v) is 6.00. The molecule has 2 amide bonds. The van der Waals surface area contributed by atoms with Crippen LogP contribution in [0.4, 0.5) is 5.69 Å². The molecule has 24 heavy (non-hydrogen) atoms. The number of aryl methyl sites for hydroxylation is 2. The minimum Gasteiger partial charge on any atom is -0.340 e. The van der Waals surface area contributed by atoms with Crippen LogP contribution in [0.5, 0.6) is 0 Å². The van der Waals surface area contributed by atoms with E-state index in [1.165, 1.54) is 16.8 Å². The highest BCUT2D eigenvalue weighted by Crippen LogP contribution is 2.22. The maximum absolute atomic E-state index is 12.5. The number of aromatic nitrogens is 1. The zero-order valence-corrected chi connectivity index (χ0v) is 13.7. The Hall–Kier alpha value is -2.89. The Morgan fingerprint density at radius 2 is 1.88 bits per heavy atom. The van der Waals surface area contributed by atoms with Crippen molar-refractivity contribution in [1.29, 1.82) is 0 Å². The average molecular weight is 325 g/mol. The molecule has 0 saturated carbocycles. The van der Waals surface area contributed by atoms with E-state index in [1.807, 2.05) is 31.2 Å². The zero-order chi connectivity index (χ0) is 17.3. The molecule has 2 heterocycles. The molecule has 0 bridgehead atoms. The van der Waals surface area contributed by atoms with Crippen molar-refractivity contribution in [3.63, 3.8) is 0 Å². The van der Waals surface area contributed by atoms with Gasteiger partial charge >= 0.3 is 0 Å². The van der Waals surface area contributed by atoms with E-state index in [9.17, 15) is 14.4 Å². The van der Waals surface area contributed by atoms with Gasteiger partial charge in [0.15, 0.2) is 0 Å². The first-order chi connectivity index (χ1) is 11.5. The van der Waals surface area contributed by atoms with Crippen LogP contribution in [-0.4, -0.2) is 29.0 Å². The van der Waals surface area contributed by atoms with E-state index in [2.05, 4.69) is 5.32 Å². The van der Waals surface area contributed by atoms with Gasteiger partial charge < -0.3 is 14.8 Å². The Morgan fingerprint density at radius 1 is 1.17 bits per heavy atom. The number of hydrogen-bond acceptors (Lipinski definition) is 3. The average Bonchev–Trinajstić information content (AvgIpc) is 2.92. The van der Waals surface area contributed by atoms with Crippen LogP contribution in [0.15, 0.2) is 47.4 Å². The highest BCUT2D eigenvalue weighted by molar-refractivity contribution is 6.03. The van der Waals surface area contributed by atoms with Crippen LogP contribution in [0.1, 0.15) is 22.3 Å². The van der Waals surface area contributed by atoms with E-state index in [-0.39, 0.29) is 17.0 Å². The van der Waals surface area contributed by atoms with Gasteiger partial charge in [0.05, 0.1) is 0 Å². The molecule has 1 saturated heterocycles. The summed E-state index contributed by atoms with van der Waals surface area (Å²) in [4.78, 5) is 38.1. The van der Waals surface area contributed by atoms with E-state index in [0.29, 0.717) is 13.0 Å². The summed E-state index contributed by atoms with van der Waals surface area (Å²) in [6, 6.07) is 9.97. The smallest absolute Gasteiger partial charge is 0.252 e. The summed E-state index contributed by atoms with van der Waals surface area (Å²) in [6.07, 6.45) is 2.08. The Kier molecular flexibility index (Phi) is 4.20. The third-order valence-electron chi connectivity index (χ3n) is 4.22. The number of anilines is 1. The third kappa shape index (κ3) is 3.08. The van der Waals surface area contributed by atoms with Crippen LogP contribution in [-0.2, 0) is 11.8 Å². The molecule has 6 nitrogen and oxygen atoms in total. The summed E-state index contributed by atoms with van der Waals surface area (Å²) >= 11 is 0. The molecule has 6 heteroatoms. The number of pyridine rings is 1. The van der Waals surface area contributed by atoms with E-state index >= 15 is 0 Å². The Balaban J connectivity index is 1.71. The summed E-state index contributed by atoms with van der Waals surface area (Å²) in [5.74, 6) is -0.534. The summed E-state index contributed by atoms with van der Waals surface area (Å²) in [5.41, 5.74) is 1.96. The van der Waals surface area contributed by atoms with E-state index < -0.39 is 11.9 Å². The molecule has 0 aliphatic carbocycles. The summed E-state index contributed by atoms with van der Waals surface area (Å²) in [5, 5.41) is 2.72. The number of hydrogen-bond donors (Lipinski definition) is 1. The second-order valence-electron chi connectivity index (χ2n) is 6.00. The van der Waals surface area contributed by atoms with Gasteiger partial charge in [0.25, 0.3) is 11.5 Å². The van der Waals surface area contributed by atoms with Gasteiger partial charge in [-0.25, -0.2) is 0 Å². The fourth-order valence-electron chi connectivity index (χ4n) is 2.73. The molecule has 0 spiro atoms. The quantitative estimate of drug-likeness (QED) is 0.922. The normalized spacial score (nSPS) is 17.2. The van der Waals surface area contributed by atoms with E-state index in [0.717, 1.165) is 11.3 Å². The van der Waals surface area contributed by atoms with Gasteiger partial charge in [-0.1, -0.05) is 17.7 Å². The monoisotopic (exact) mass is 325 g/mol. The standard InChI is InChI=1S/C18H19N3O3/c1-12-3-5-14(6-4-12)21-10-8-15(18(21)24)19-17(23)13-7-9-20(2)16(22)11-13/h3-7,9,11,15H,8,10H2,1-2H3,(H,19,23)/t15-/m0/s1. The van der Waals surface area contributed by atoms with Crippen LogP contribution in [0.2, 0.25) is 0 Å². The summed E-state index contributed by atoms with van der Waals surface area (Å²) in [6.45, 7) is 2.55. The summed E-state index contributed by atoms with van der Waals surface area (Å²) in [7, 11) is 1.62. The summed E-state index contributed by atoms with van der Waals surface area (Å²) < 4.78 is 1.39.